The average Bonchev–Trinajstić information content (AvgIpc) is 2.39. The third kappa shape index (κ3) is 4.24. The van der Waals surface area contributed by atoms with Gasteiger partial charge in [0.2, 0.25) is 0 Å². The molecule has 1 aliphatic carbocycles. The number of ketones is 1. The van der Waals surface area contributed by atoms with Gasteiger partial charge in [-0.25, -0.2) is 8.42 Å². The zero-order valence-electron chi connectivity index (χ0n) is 10.2. The number of carbonyl (C=O) groups is 1. The first-order valence-electron chi connectivity index (χ1n) is 6.15. The van der Waals surface area contributed by atoms with Gasteiger partial charge in [0.15, 0.2) is 9.84 Å². The first-order chi connectivity index (χ1) is 7.42. The lowest BCUT2D eigenvalue weighted by Gasteiger charge is -2.14. The van der Waals surface area contributed by atoms with Crippen molar-refractivity contribution < 1.29 is 13.2 Å². The molecule has 0 heterocycles. The monoisotopic (exact) mass is 246 g/mol. The van der Waals surface area contributed by atoms with Crippen LogP contribution in [0.15, 0.2) is 0 Å². The highest BCUT2D eigenvalue weighted by Gasteiger charge is 2.22. The van der Waals surface area contributed by atoms with Crippen molar-refractivity contribution in [2.75, 3.05) is 5.75 Å². The van der Waals surface area contributed by atoms with E-state index in [4.69, 9.17) is 0 Å². The van der Waals surface area contributed by atoms with Gasteiger partial charge in [0.05, 0.1) is 11.0 Å². The van der Waals surface area contributed by atoms with E-state index in [1.165, 1.54) is 0 Å². The van der Waals surface area contributed by atoms with Crippen LogP contribution in [0.5, 0.6) is 0 Å². The molecule has 1 fully saturated rings. The van der Waals surface area contributed by atoms with Gasteiger partial charge in [-0.2, -0.15) is 0 Å². The van der Waals surface area contributed by atoms with Crippen LogP contribution in [-0.4, -0.2) is 25.2 Å². The quantitative estimate of drug-likeness (QED) is 0.715. The first kappa shape index (κ1) is 13.7. The van der Waals surface area contributed by atoms with E-state index in [0.717, 1.165) is 19.3 Å². The van der Waals surface area contributed by atoms with Crippen LogP contribution in [0.3, 0.4) is 0 Å². The smallest absolute Gasteiger partial charge is 0.152 e. The van der Waals surface area contributed by atoms with Crippen LogP contribution in [0, 0.1) is 5.92 Å². The largest absolute Gasteiger partial charge is 0.300 e. The third-order valence-electron chi connectivity index (χ3n) is 3.36. The SMILES string of the molecule is CC(C)S(=O)(=O)CCC1CCCCC(=O)C1. The normalized spacial score (nSPS) is 23.4. The van der Waals surface area contributed by atoms with Crippen LogP contribution < -0.4 is 0 Å². The van der Waals surface area contributed by atoms with Gasteiger partial charge >= 0.3 is 0 Å². The second-order valence-corrected chi connectivity index (χ2v) is 7.74. The molecule has 0 aromatic rings. The van der Waals surface area contributed by atoms with Crippen molar-refractivity contribution in [3.63, 3.8) is 0 Å². The van der Waals surface area contributed by atoms with Gasteiger partial charge in [-0.05, 0) is 39.0 Å². The summed E-state index contributed by atoms with van der Waals surface area (Å²) in [5.41, 5.74) is 0. The number of carbonyl (C=O) groups excluding carboxylic acids is 1. The predicted molar refractivity (Wildman–Crippen MR) is 65.1 cm³/mol. The molecule has 4 heteroatoms. The van der Waals surface area contributed by atoms with Crippen LogP contribution >= 0.6 is 0 Å². The van der Waals surface area contributed by atoms with Gasteiger partial charge in [0, 0.05) is 12.8 Å². The van der Waals surface area contributed by atoms with Crippen LogP contribution in [0.4, 0.5) is 0 Å². The van der Waals surface area contributed by atoms with Crippen molar-refractivity contribution in [1.29, 1.82) is 0 Å². The van der Waals surface area contributed by atoms with Crippen LogP contribution in [-0.2, 0) is 14.6 Å². The second-order valence-electron chi connectivity index (χ2n) is 5.06. The molecule has 16 heavy (non-hydrogen) atoms. The number of hydrogen-bond acceptors (Lipinski definition) is 3. The summed E-state index contributed by atoms with van der Waals surface area (Å²) >= 11 is 0. The van der Waals surface area contributed by atoms with E-state index >= 15 is 0 Å². The summed E-state index contributed by atoms with van der Waals surface area (Å²) in [6.45, 7) is 3.43. The van der Waals surface area contributed by atoms with E-state index in [1.54, 1.807) is 13.8 Å². The van der Waals surface area contributed by atoms with Gasteiger partial charge in [0.25, 0.3) is 0 Å². The molecule has 0 aromatic heterocycles. The number of rotatable bonds is 4. The fraction of sp³-hybridized carbons (Fsp3) is 0.917. The Kier molecular flexibility index (Phi) is 4.96. The lowest BCUT2D eigenvalue weighted by Crippen LogP contribution is -2.20. The van der Waals surface area contributed by atoms with E-state index in [0.29, 0.717) is 31.0 Å². The Morgan fingerprint density at radius 3 is 2.62 bits per heavy atom. The van der Waals surface area contributed by atoms with E-state index in [1.807, 2.05) is 0 Å². The van der Waals surface area contributed by atoms with Crippen molar-refractivity contribution in [3.8, 4) is 0 Å². The van der Waals surface area contributed by atoms with Gasteiger partial charge in [0.1, 0.15) is 5.78 Å². The zero-order valence-corrected chi connectivity index (χ0v) is 11.1. The summed E-state index contributed by atoms with van der Waals surface area (Å²) in [7, 11) is -2.94. The zero-order chi connectivity index (χ0) is 12.2. The number of hydrogen-bond donors (Lipinski definition) is 0. The molecule has 1 atom stereocenters. The Labute approximate surface area is 98.5 Å². The van der Waals surface area contributed by atoms with Crippen LogP contribution in [0.2, 0.25) is 0 Å². The molecule has 0 aliphatic heterocycles. The molecule has 0 bridgehead atoms. The molecular weight excluding hydrogens is 224 g/mol. The lowest BCUT2D eigenvalue weighted by molar-refractivity contribution is -0.119. The fourth-order valence-corrected chi connectivity index (χ4v) is 3.23. The Bertz CT molecular complexity index is 330. The molecule has 1 saturated carbocycles. The Balaban J connectivity index is 2.45. The van der Waals surface area contributed by atoms with E-state index in [-0.39, 0.29) is 11.0 Å². The fourth-order valence-electron chi connectivity index (χ4n) is 2.09. The Morgan fingerprint density at radius 1 is 1.31 bits per heavy atom. The maximum Gasteiger partial charge on any atom is 0.152 e. The van der Waals surface area contributed by atoms with Gasteiger partial charge in [-0.3, -0.25) is 4.79 Å². The molecular formula is C12H22O3S. The van der Waals surface area contributed by atoms with E-state index < -0.39 is 9.84 Å². The Morgan fingerprint density at radius 2 is 2.00 bits per heavy atom. The third-order valence-corrected chi connectivity index (χ3v) is 5.60. The molecule has 94 valence electrons. The van der Waals surface area contributed by atoms with Gasteiger partial charge in [-0.1, -0.05) is 6.42 Å². The van der Waals surface area contributed by atoms with Crippen molar-refractivity contribution in [2.24, 2.45) is 5.92 Å². The lowest BCUT2D eigenvalue weighted by atomic mass is 9.97. The molecule has 1 rings (SSSR count). The first-order valence-corrected chi connectivity index (χ1v) is 7.86. The summed E-state index contributed by atoms with van der Waals surface area (Å²) in [5.74, 6) is 0.843. The van der Waals surface area contributed by atoms with Crippen molar-refractivity contribution in [2.45, 2.75) is 57.6 Å². The molecule has 3 nitrogen and oxygen atoms in total. The van der Waals surface area contributed by atoms with Crippen molar-refractivity contribution in [3.05, 3.63) is 0 Å². The summed E-state index contributed by atoms with van der Waals surface area (Å²) < 4.78 is 23.3. The summed E-state index contributed by atoms with van der Waals surface area (Å²) in [6, 6.07) is 0. The number of sulfone groups is 1. The molecule has 0 N–H and O–H groups in total. The van der Waals surface area contributed by atoms with Crippen molar-refractivity contribution >= 4 is 15.6 Å². The predicted octanol–water partition coefficient (Wildman–Crippen LogP) is 2.35. The van der Waals surface area contributed by atoms with Crippen LogP contribution in [0.25, 0.3) is 0 Å². The molecule has 1 unspecified atom stereocenters. The van der Waals surface area contributed by atoms with Crippen molar-refractivity contribution in [1.82, 2.24) is 0 Å². The Hall–Kier alpha value is -0.380. The van der Waals surface area contributed by atoms with Gasteiger partial charge < -0.3 is 0 Å². The summed E-state index contributed by atoms with van der Waals surface area (Å²) in [6.07, 6.45) is 5.00. The highest BCUT2D eigenvalue weighted by molar-refractivity contribution is 7.91. The standard InChI is InChI=1S/C12H22O3S/c1-10(2)16(14,15)8-7-11-5-3-4-6-12(13)9-11/h10-11H,3-9H2,1-2H3. The second kappa shape index (κ2) is 5.80. The minimum Gasteiger partial charge on any atom is -0.300 e. The molecule has 0 spiro atoms. The minimum absolute atomic E-state index is 0.239. The van der Waals surface area contributed by atoms with Crippen LogP contribution in [0.1, 0.15) is 52.4 Å². The van der Waals surface area contributed by atoms with E-state index in [9.17, 15) is 13.2 Å². The molecule has 0 saturated heterocycles. The highest BCUT2D eigenvalue weighted by atomic mass is 32.2. The number of Topliss-reactive ketones (excluding diaryl/α,β-unsaturated/α-hetero) is 1. The average molecular weight is 246 g/mol. The molecule has 0 amide bonds. The maximum atomic E-state index is 11.7. The highest BCUT2D eigenvalue weighted by Crippen LogP contribution is 2.24. The van der Waals surface area contributed by atoms with Gasteiger partial charge in [-0.15, -0.1) is 0 Å². The molecule has 1 aliphatic rings. The molecule has 0 radical (unpaired) electrons. The summed E-state index contributed by atoms with van der Waals surface area (Å²) in [4.78, 5) is 11.4. The van der Waals surface area contributed by atoms with E-state index in [2.05, 4.69) is 0 Å². The molecule has 0 aromatic carbocycles. The minimum atomic E-state index is -2.94. The maximum absolute atomic E-state index is 11.7. The summed E-state index contributed by atoms with van der Waals surface area (Å²) in [5, 5.41) is -0.297. The topological polar surface area (TPSA) is 51.2 Å².